The first kappa shape index (κ1) is 27.4. The van der Waals surface area contributed by atoms with Gasteiger partial charge in [-0.3, -0.25) is 29.3 Å². The van der Waals surface area contributed by atoms with Gasteiger partial charge in [-0.2, -0.15) is 0 Å². The SMILES string of the molecule is O=C(COc1cccc(C2c3sc(=O)[nH]c3SC3C(=O)N(c4ccc([N+](=O)[O-])cc4)C(=O)C32)c1)Nc1ccc(F)cc1. The highest BCUT2D eigenvalue weighted by molar-refractivity contribution is 8.00. The summed E-state index contributed by atoms with van der Waals surface area (Å²) in [6, 6.07) is 17.2. The maximum atomic E-state index is 13.8. The number of nitro groups is 1. The van der Waals surface area contributed by atoms with E-state index in [9.17, 15) is 33.7 Å². The van der Waals surface area contributed by atoms with E-state index in [4.69, 9.17) is 4.74 Å². The predicted octanol–water partition coefficient (Wildman–Crippen LogP) is 4.30. The second-order valence-electron chi connectivity index (χ2n) is 9.45. The number of halogens is 1. The van der Waals surface area contributed by atoms with Crippen molar-refractivity contribution in [3.63, 3.8) is 0 Å². The highest BCUT2D eigenvalue weighted by Crippen LogP contribution is 2.53. The number of H-pyrrole nitrogens is 1. The van der Waals surface area contributed by atoms with Crippen molar-refractivity contribution in [3.05, 3.63) is 109 Å². The van der Waals surface area contributed by atoms with Gasteiger partial charge in [0.2, 0.25) is 11.8 Å². The number of thioether (sulfide) groups is 1. The van der Waals surface area contributed by atoms with Crippen LogP contribution in [-0.4, -0.2) is 39.5 Å². The van der Waals surface area contributed by atoms with E-state index in [1.807, 2.05) is 0 Å². The van der Waals surface area contributed by atoms with Crippen molar-refractivity contribution < 1.29 is 28.4 Å². The molecule has 3 heterocycles. The molecule has 3 unspecified atom stereocenters. The van der Waals surface area contributed by atoms with Gasteiger partial charge in [0.15, 0.2) is 6.61 Å². The third-order valence-corrected chi connectivity index (χ3v) is 9.26. The average Bonchev–Trinajstić information content (AvgIpc) is 3.47. The highest BCUT2D eigenvalue weighted by atomic mass is 32.2. The van der Waals surface area contributed by atoms with Crippen LogP contribution in [0.3, 0.4) is 0 Å². The van der Waals surface area contributed by atoms with E-state index in [0.717, 1.165) is 28.0 Å². The molecule has 0 aliphatic carbocycles. The van der Waals surface area contributed by atoms with Gasteiger partial charge in [-0.05, 0) is 54.1 Å². The first-order chi connectivity index (χ1) is 20.2. The van der Waals surface area contributed by atoms with E-state index < -0.39 is 45.5 Å². The second-order valence-corrected chi connectivity index (χ2v) is 11.6. The number of nitrogens with zero attached hydrogens (tertiary/aromatic N) is 2. The zero-order chi connectivity index (χ0) is 29.5. The number of non-ortho nitro benzene ring substituents is 1. The Kier molecular flexibility index (Phi) is 7.08. The van der Waals surface area contributed by atoms with Crippen LogP contribution in [0.1, 0.15) is 16.4 Å². The number of hydrogen-bond donors (Lipinski definition) is 2. The maximum absolute atomic E-state index is 13.8. The lowest BCUT2D eigenvalue weighted by Crippen LogP contribution is -2.32. The molecule has 6 rings (SSSR count). The van der Waals surface area contributed by atoms with Crippen molar-refractivity contribution in [2.24, 2.45) is 5.92 Å². The number of rotatable bonds is 7. The molecule has 3 aromatic carbocycles. The molecule has 3 atom stereocenters. The average molecular weight is 607 g/mol. The minimum atomic E-state index is -0.867. The molecule has 1 fully saturated rings. The number of benzene rings is 3. The van der Waals surface area contributed by atoms with Crippen LogP contribution in [0.2, 0.25) is 0 Å². The molecule has 212 valence electrons. The van der Waals surface area contributed by atoms with Crippen LogP contribution in [0.25, 0.3) is 0 Å². The monoisotopic (exact) mass is 606 g/mol. The summed E-state index contributed by atoms with van der Waals surface area (Å²) in [6.45, 7) is -0.346. The van der Waals surface area contributed by atoms with E-state index in [1.54, 1.807) is 24.3 Å². The van der Waals surface area contributed by atoms with Crippen molar-refractivity contribution >= 4 is 57.9 Å². The van der Waals surface area contributed by atoms with E-state index in [-0.39, 0.29) is 22.9 Å². The topological polar surface area (TPSA) is 152 Å². The van der Waals surface area contributed by atoms with Crippen LogP contribution >= 0.6 is 23.1 Å². The van der Waals surface area contributed by atoms with Gasteiger partial charge in [-0.1, -0.05) is 35.2 Å². The van der Waals surface area contributed by atoms with Crippen LogP contribution in [0.15, 0.2) is 82.6 Å². The van der Waals surface area contributed by atoms with Gasteiger partial charge in [0.25, 0.3) is 11.6 Å². The van der Waals surface area contributed by atoms with Crippen LogP contribution in [0.5, 0.6) is 5.75 Å². The lowest BCUT2D eigenvalue weighted by molar-refractivity contribution is -0.384. The minimum absolute atomic E-state index is 0.176. The van der Waals surface area contributed by atoms with Gasteiger partial charge >= 0.3 is 4.87 Å². The van der Waals surface area contributed by atoms with Gasteiger partial charge in [-0.15, -0.1) is 0 Å². The fourth-order valence-corrected chi connectivity index (χ4v) is 7.55. The van der Waals surface area contributed by atoms with E-state index in [1.165, 1.54) is 48.5 Å². The Labute approximate surface area is 244 Å². The fourth-order valence-electron chi connectivity index (χ4n) is 5.03. The molecule has 0 radical (unpaired) electrons. The molecular formula is C28H19FN4O7S2. The normalized spacial score (nSPS) is 19.3. The number of aromatic nitrogens is 1. The third kappa shape index (κ3) is 5.05. The Hall–Kier alpha value is -4.82. The van der Waals surface area contributed by atoms with Crippen molar-refractivity contribution in [1.82, 2.24) is 4.98 Å². The number of thiazole rings is 1. The van der Waals surface area contributed by atoms with Gasteiger partial charge < -0.3 is 15.0 Å². The largest absolute Gasteiger partial charge is 0.484 e. The first-order valence-corrected chi connectivity index (χ1v) is 14.2. The molecule has 2 N–H and O–H groups in total. The summed E-state index contributed by atoms with van der Waals surface area (Å²) in [5, 5.41) is 13.3. The number of amides is 3. The Balaban J connectivity index is 1.28. The number of fused-ring (bicyclic) bond motifs is 2. The molecule has 1 aromatic heterocycles. The Bertz CT molecular complexity index is 1790. The molecule has 42 heavy (non-hydrogen) atoms. The molecule has 0 saturated carbocycles. The number of anilines is 2. The summed E-state index contributed by atoms with van der Waals surface area (Å²) >= 11 is 2.07. The van der Waals surface area contributed by atoms with Crippen molar-refractivity contribution in [1.29, 1.82) is 0 Å². The number of nitrogens with one attached hydrogen (secondary N) is 2. The molecule has 2 aliphatic heterocycles. The standard InChI is InChI=1S/C28H19FN4O7S2/c29-15-4-6-16(7-5-15)30-20(34)13-40-19-3-1-2-14(12-19)21-22-24(41-25-23(21)42-28(37)31-25)27(36)32(26(22)35)17-8-10-18(11-9-17)33(38)39/h1-12,21-22,24H,13H2,(H,30,34)(H,31,37). The summed E-state index contributed by atoms with van der Waals surface area (Å²) in [4.78, 5) is 66.7. The van der Waals surface area contributed by atoms with Gasteiger partial charge in [-0.25, -0.2) is 9.29 Å². The predicted molar refractivity (Wildman–Crippen MR) is 152 cm³/mol. The summed E-state index contributed by atoms with van der Waals surface area (Å²) in [7, 11) is 0. The fraction of sp³-hybridized carbons (Fsp3) is 0.143. The number of hydrogen-bond acceptors (Lipinski definition) is 9. The van der Waals surface area contributed by atoms with Crippen LogP contribution in [0, 0.1) is 21.8 Å². The molecule has 3 amide bonds. The Morgan fingerprint density at radius 2 is 1.79 bits per heavy atom. The van der Waals surface area contributed by atoms with Crippen molar-refractivity contribution in [2.75, 3.05) is 16.8 Å². The molecule has 14 heteroatoms. The second kappa shape index (κ2) is 10.9. The Morgan fingerprint density at radius 1 is 1.05 bits per heavy atom. The molecule has 0 bridgehead atoms. The zero-order valence-corrected chi connectivity index (χ0v) is 22.9. The molecule has 1 saturated heterocycles. The van der Waals surface area contributed by atoms with Gasteiger partial charge in [0.05, 0.1) is 21.6 Å². The quantitative estimate of drug-likeness (QED) is 0.180. The van der Waals surface area contributed by atoms with Crippen LogP contribution in [-0.2, 0) is 14.4 Å². The Morgan fingerprint density at radius 3 is 2.50 bits per heavy atom. The zero-order valence-electron chi connectivity index (χ0n) is 21.3. The molecule has 4 aromatic rings. The van der Waals surface area contributed by atoms with E-state index in [0.29, 0.717) is 26.9 Å². The number of carbonyl (C=O) groups excluding carboxylic acids is 3. The number of aromatic amines is 1. The summed E-state index contributed by atoms with van der Waals surface area (Å²) in [5.41, 5.74) is 1.04. The summed E-state index contributed by atoms with van der Waals surface area (Å²) < 4.78 is 18.8. The van der Waals surface area contributed by atoms with Crippen LogP contribution < -0.4 is 19.8 Å². The summed E-state index contributed by atoms with van der Waals surface area (Å²) in [6.07, 6.45) is 0. The maximum Gasteiger partial charge on any atom is 0.305 e. The molecular weight excluding hydrogens is 587 g/mol. The molecule has 0 spiro atoms. The van der Waals surface area contributed by atoms with Crippen molar-refractivity contribution in [2.45, 2.75) is 16.2 Å². The van der Waals surface area contributed by atoms with Gasteiger partial charge in [0.1, 0.15) is 16.8 Å². The number of ether oxygens (including phenoxy) is 1. The highest BCUT2D eigenvalue weighted by Gasteiger charge is 2.56. The first-order valence-electron chi connectivity index (χ1n) is 12.5. The lowest BCUT2D eigenvalue weighted by Gasteiger charge is -2.30. The molecule has 2 aliphatic rings. The number of carbonyl (C=O) groups is 3. The van der Waals surface area contributed by atoms with E-state index >= 15 is 0 Å². The molecule has 11 nitrogen and oxygen atoms in total. The summed E-state index contributed by atoms with van der Waals surface area (Å²) in [5.74, 6) is -3.10. The van der Waals surface area contributed by atoms with Crippen LogP contribution in [0.4, 0.5) is 21.5 Å². The minimum Gasteiger partial charge on any atom is -0.484 e. The van der Waals surface area contributed by atoms with Crippen molar-refractivity contribution in [3.8, 4) is 5.75 Å². The lowest BCUT2D eigenvalue weighted by atomic mass is 9.83. The van der Waals surface area contributed by atoms with Gasteiger partial charge in [0, 0.05) is 28.6 Å². The number of nitro benzene ring substituents is 1. The van der Waals surface area contributed by atoms with E-state index in [2.05, 4.69) is 10.3 Å². The smallest absolute Gasteiger partial charge is 0.305 e. The third-order valence-electron chi connectivity index (χ3n) is 6.86. The number of imide groups is 1.